The Bertz CT molecular complexity index is 994. The van der Waals surface area contributed by atoms with Crippen LogP contribution in [0.15, 0.2) is 48.8 Å². The molecule has 0 fully saturated rings. The average molecular weight is 419 g/mol. The fraction of sp³-hybridized carbons (Fsp3) is 0.105. The molecular weight excluding hydrogens is 403 g/mol. The number of amides is 1. The van der Waals surface area contributed by atoms with Crippen molar-refractivity contribution in [2.75, 3.05) is 5.73 Å². The number of nitrogen functional groups attached to an aromatic ring is 1. The van der Waals surface area contributed by atoms with E-state index < -0.39 is 5.91 Å². The van der Waals surface area contributed by atoms with Gasteiger partial charge in [-0.05, 0) is 30.3 Å². The molecule has 2 heterocycles. The number of halogens is 2. The smallest absolute Gasteiger partial charge is 0.253 e. The second kappa shape index (κ2) is 8.77. The summed E-state index contributed by atoms with van der Waals surface area (Å²) in [6.45, 7) is 0.124. The number of aromatic hydroxyl groups is 1. The molecule has 3 aromatic rings. The number of hydrogen-bond acceptors (Lipinski definition) is 6. The van der Waals surface area contributed by atoms with Crippen LogP contribution in [0.4, 0.5) is 5.82 Å². The van der Waals surface area contributed by atoms with E-state index in [1.165, 1.54) is 24.5 Å². The first-order valence-electron chi connectivity index (χ1n) is 8.18. The molecule has 0 saturated carbocycles. The van der Waals surface area contributed by atoms with Gasteiger partial charge in [0, 0.05) is 28.0 Å². The van der Waals surface area contributed by atoms with Crippen molar-refractivity contribution in [1.29, 1.82) is 0 Å². The van der Waals surface area contributed by atoms with Crippen LogP contribution in [0.25, 0.3) is 0 Å². The highest BCUT2D eigenvalue weighted by atomic mass is 35.5. The highest BCUT2D eigenvalue weighted by Gasteiger charge is 2.13. The SMILES string of the molecule is Nc1ncc(C(=O)NCc2ncccc2O)cc1OCc1c(Cl)cccc1Cl. The van der Waals surface area contributed by atoms with Gasteiger partial charge >= 0.3 is 0 Å². The predicted molar refractivity (Wildman–Crippen MR) is 107 cm³/mol. The van der Waals surface area contributed by atoms with Crippen LogP contribution in [0.3, 0.4) is 0 Å². The number of rotatable bonds is 6. The molecule has 4 N–H and O–H groups in total. The normalized spacial score (nSPS) is 10.5. The molecule has 2 aromatic heterocycles. The van der Waals surface area contributed by atoms with Gasteiger partial charge in [-0.2, -0.15) is 0 Å². The van der Waals surface area contributed by atoms with Crippen LogP contribution in [-0.4, -0.2) is 21.0 Å². The summed E-state index contributed by atoms with van der Waals surface area (Å²) < 4.78 is 5.67. The average Bonchev–Trinajstić information content (AvgIpc) is 2.68. The van der Waals surface area contributed by atoms with Crippen molar-refractivity contribution in [2.24, 2.45) is 0 Å². The lowest BCUT2D eigenvalue weighted by molar-refractivity contribution is 0.0949. The Balaban J connectivity index is 1.70. The third-order valence-electron chi connectivity index (χ3n) is 3.86. The first-order chi connectivity index (χ1) is 13.5. The predicted octanol–water partition coefficient (Wildman–Crippen LogP) is 3.58. The Labute approximate surface area is 171 Å². The molecule has 0 aliphatic rings. The number of pyridine rings is 2. The third-order valence-corrected chi connectivity index (χ3v) is 4.57. The fourth-order valence-electron chi connectivity index (χ4n) is 2.35. The minimum Gasteiger partial charge on any atom is -0.506 e. The Morgan fingerprint density at radius 2 is 1.93 bits per heavy atom. The zero-order valence-corrected chi connectivity index (χ0v) is 16.0. The van der Waals surface area contributed by atoms with Gasteiger partial charge in [-0.25, -0.2) is 4.98 Å². The number of anilines is 1. The zero-order valence-electron chi connectivity index (χ0n) is 14.5. The molecule has 1 aromatic carbocycles. The van der Waals surface area contributed by atoms with Gasteiger partial charge in [0.2, 0.25) is 0 Å². The van der Waals surface area contributed by atoms with Gasteiger partial charge in [0.1, 0.15) is 18.1 Å². The Hall–Kier alpha value is -3.03. The molecule has 1 amide bonds. The Morgan fingerprint density at radius 3 is 2.64 bits per heavy atom. The van der Waals surface area contributed by atoms with Gasteiger partial charge in [0.15, 0.2) is 11.6 Å². The number of benzene rings is 1. The maximum absolute atomic E-state index is 12.4. The standard InChI is InChI=1S/C19H16Cl2N4O3/c20-13-3-1-4-14(21)12(13)10-28-17-7-11(8-24-18(17)22)19(27)25-9-15-16(26)5-2-6-23-15/h1-8,26H,9-10H2,(H2,22,24)(H,25,27). The molecule has 0 unspecified atom stereocenters. The van der Waals surface area contributed by atoms with E-state index in [4.69, 9.17) is 33.7 Å². The molecule has 28 heavy (non-hydrogen) atoms. The lowest BCUT2D eigenvalue weighted by Gasteiger charge is -2.12. The molecule has 0 bridgehead atoms. The quantitative estimate of drug-likeness (QED) is 0.564. The Morgan fingerprint density at radius 1 is 1.18 bits per heavy atom. The van der Waals surface area contributed by atoms with Gasteiger partial charge in [-0.15, -0.1) is 0 Å². The lowest BCUT2D eigenvalue weighted by Crippen LogP contribution is -2.23. The van der Waals surface area contributed by atoms with Gasteiger partial charge in [-0.3, -0.25) is 9.78 Å². The number of hydrogen-bond donors (Lipinski definition) is 3. The van der Waals surface area contributed by atoms with Crippen molar-refractivity contribution >= 4 is 34.9 Å². The molecular formula is C19H16Cl2N4O3. The van der Waals surface area contributed by atoms with Crippen LogP contribution in [0.1, 0.15) is 21.6 Å². The number of carbonyl (C=O) groups excluding carboxylic acids is 1. The van der Waals surface area contributed by atoms with Crippen molar-refractivity contribution in [2.45, 2.75) is 13.2 Å². The summed E-state index contributed by atoms with van der Waals surface area (Å²) in [5, 5.41) is 13.3. The first kappa shape index (κ1) is 19.7. The Kier molecular flexibility index (Phi) is 6.18. The van der Waals surface area contributed by atoms with Gasteiger partial charge in [0.25, 0.3) is 5.91 Å². The van der Waals surface area contributed by atoms with Crippen molar-refractivity contribution < 1.29 is 14.6 Å². The maximum atomic E-state index is 12.4. The van der Waals surface area contributed by atoms with Crippen molar-refractivity contribution in [3.05, 3.63) is 75.7 Å². The van der Waals surface area contributed by atoms with Crippen molar-refractivity contribution in [3.63, 3.8) is 0 Å². The number of nitrogens with zero attached hydrogens (tertiary/aromatic N) is 2. The minimum atomic E-state index is -0.418. The largest absolute Gasteiger partial charge is 0.506 e. The van der Waals surface area contributed by atoms with Crippen LogP contribution >= 0.6 is 23.2 Å². The molecule has 0 aliphatic carbocycles. The van der Waals surface area contributed by atoms with E-state index in [1.54, 1.807) is 24.3 Å². The van der Waals surface area contributed by atoms with Crippen molar-refractivity contribution in [1.82, 2.24) is 15.3 Å². The molecule has 0 spiro atoms. The molecule has 3 rings (SSSR count). The van der Waals surface area contributed by atoms with Crippen LogP contribution in [0, 0.1) is 0 Å². The number of ether oxygens (including phenoxy) is 1. The highest BCUT2D eigenvalue weighted by Crippen LogP contribution is 2.27. The number of nitrogens with one attached hydrogen (secondary N) is 1. The van der Waals surface area contributed by atoms with E-state index in [9.17, 15) is 9.90 Å². The monoisotopic (exact) mass is 418 g/mol. The number of nitrogens with two attached hydrogens (primary N) is 1. The van der Waals surface area contributed by atoms with E-state index in [0.29, 0.717) is 21.3 Å². The van der Waals surface area contributed by atoms with E-state index in [-0.39, 0.29) is 36.0 Å². The summed E-state index contributed by atoms with van der Waals surface area (Å²) in [6.07, 6.45) is 2.86. The van der Waals surface area contributed by atoms with Crippen LogP contribution in [0.5, 0.6) is 11.5 Å². The van der Waals surface area contributed by atoms with E-state index >= 15 is 0 Å². The van der Waals surface area contributed by atoms with Gasteiger partial charge in [-0.1, -0.05) is 29.3 Å². The van der Waals surface area contributed by atoms with Gasteiger partial charge in [0.05, 0.1) is 12.1 Å². The topological polar surface area (TPSA) is 110 Å². The summed E-state index contributed by atoms with van der Waals surface area (Å²) in [5.41, 5.74) is 7.03. The first-order valence-corrected chi connectivity index (χ1v) is 8.93. The molecule has 0 atom stereocenters. The lowest BCUT2D eigenvalue weighted by atomic mass is 10.2. The molecule has 144 valence electrons. The zero-order chi connectivity index (χ0) is 20.1. The third kappa shape index (κ3) is 4.62. The summed E-state index contributed by atoms with van der Waals surface area (Å²) >= 11 is 12.3. The highest BCUT2D eigenvalue weighted by molar-refractivity contribution is 6.35. The summed E-state index contributed by atoms with van der Waals surface area (Å²) in [7, 11) is 0. The second-order valence-electron chi connectivity index (χ2n) is 5.75. The summed E-state index contributed by atoms with van der Waals surface area (Å²) in [6, 6.07) is 9.69. The number of aromatic nitrogens is 2. The van der Waals surface area contributed by atoms with E-state index in [1.807, 2.05) is 0 Å². The molecule has 7 nitrogen and oxygen atoms in total. The second-order valence-corrected chi connectivity index (χ2v) is 6.56. The van der Waals surface area contributed by atoms with Crippen molar-refractivity contribution in [3.8, 4) is 11.5 Å². The summed E-state index contributed by atoms with van der Waals surface area (Å²) in [4.78, 5) is 20.4. The minimum absolute atomic E-state index is 0.00104. The molecule has 0 radical (unpaired) electrons. The van der Waals surface area contributed by atoms with Crippen LogP contribution in [-0.2, 0) is 13.2 Å². The van der Waals surface area contributed by atoms with Crippen LogP contribution < -0.4 is 15.8 Å². The molecule has 0 saturated heterocycles. The van der Waals surface area contributed by atoms with E-state index in [0.717, 1.165) is 0 Å². The van der Waals surface area contributed by atoms with E-state index in [2.05, 4.69) is 15.3 Å². The molecule has 9 heteroatoms. The maximum Gasteiger partial charge on any atom is 0.253 e. The number of carbonyl (C=O) groups is 1. The molecule has 0 aliphatic heterocycles. The summed E-state index contributed by atoms with van der Waals surface area (Å²) in [5.74, 6) is -0.0662. The van der Waals surface area contributed by atoms with Crippen LogP contribution in [0.2, 0.25) is 10.0 Å². The van der Waals surface area contributed by atoms with Gasteiger partial charge < -0.3 is 20.9 Å². The fourth-order valence-corrected chi connectivity index (χ4v) is 2.85.